The number of nitrogens with two attached hydrogens (primary N) is 1. The highest BCUT2D eigenvalue weighted by Crippen LogP contribution is 2.26. The Morgan fingerprint density at radius 1 is 1.16 bits per heavy atom. The van der Waals surface area contributed by atoms with E-state index in [1.807, 2.05) is 12.1 Å². The highest BCUT2D eigenvalue weighted by Gasteiger charge is 2.25. The van der Waals surface area contributed by atoms with E-state index in [4.69, 9.17) is 17.3 Å². The van der Waals surface area contributed by atoms with Crippen LogP contribution in [0.15, 0.2) is 24.3 Å². The number of benzene rings is 1. The van der Waals surface area contributed by atoms with E-state index in [2.05, 4.69) is 44.9 Å². The Balaban J connectivity index is 2.84. The van der Waals surface area contributed by atoms with Crippen molar-refractivity contribution in [1.82, 2.24) is 4.90 Å². The molecule has 0 spiro atoms. The van der Waals surface area contributed by atoms with Crippen LogP contribution >= 0.6 is 11.6 Å². The summed E-state index contributed by atoms with van der Waals surface area (Å²) in [6.45, 7) is 7.43. The third-order valence-corrected chi connectivity index (χ3v) is 4.57. The van der Waals surface area contributed by atoms with Gasteiger partial charge in [-0.05, 0) is 37.6 Å². The molecular formula is C16H27ClN2. The topological polar surface area (TPSA) is 29.3 Å². The van der Waals surface area contributed by atoms with Crippen molar-refractivity contribution >= 4 is 11.6 Å². The SMILES string of the molecule is CCC(CC)C(CN)N(C)C(C)c1ccc(Cl)cc1. The van der Waals surface area contributed by atoms with E-state index in [9.17, 15) is 0 Å². The molecule has 0 radical (unpaired) electrons. The van der Waals surface area contributed by atoms with Crippen molar-refractivity contribution in [2.24, 2.45) is 11.7 Å². The zero-order valence-corrected chi connectivity index (χ0v) is 13.3. The summed E-state index contributed by atoms with van der Waals surface area (Å²) in [5.74, 6) is 0.657. The molecule has 0 saturated heterocycles. The minimum Gasteiger partial charge on any atom is -0.329 e. The van der Waals surface area contributed by atoms with Crippen LogP contribution in [0.2, 0.25) is 5.02 Å². The summed E-state index contributed by atoms with van der Waals surface area (Å²) >= 11 is 5.95. The molecule has 0 bridgehead atoms. The minimum absolute atomic E-state index is 0.353. The average Bonchev–Trinajstić information content (AvgIpc) is 2.44. The van der Waals surface area contributed by atoms with Gasteiger partial charge in [-0.25, -0.2) is 0 Å². The fourth-order valence-corrected chi connectivity index (χ4v) is 2.91. The van der Waals surface area contributed by atoms with Crippen LogP contribution in [0.4, 0.5) is 0 Å². The highest BCUT2D eigenvalue weighted by atomic mass is 35.5. The monoisotopic (exact) mass is 282 g/mol. The lowest BCUT2D eigenvalue weighted by Crippen LogP contribution is -2.44. The molecule has 1 aromatic carbocycles. The lowest BCUT2D eigenvalue weighted by molar-refractivity contribution is 0.130. The normalized spacial score (nSPS) is 14.9. The van der Waals surface area contributed by atoms with Gasteiger partial charge in [-0.3, -0.25) is 4.90 Å². The maximum Gasteiger partial charge on any atom is 0.0406 e. The van der Waals surface area contributed by atoms with E-state index >= 15 is 0 Å². The van der Waals surface area contributed by atoms with Crippen molar-refractivity contribution in [1.29, 1.82) is 0 Å². The van der Waals surface area contributed by atoms with Gasteiger partial charge in [0.05, 0.1) is 0 Å². The zero-order valence-electron chi connectivity index (χ0n) is 12.6. The maximum atomic E-state index is 6.00. The Hall–Kier alpha value is -0.570. The van der Waals surface area contributed by atoms with Crippen LogP contribution in [0.5, 0.6) is 0 Å². The summed E-state index contributed by atoms with van der Waals surface area (Å²) in [7, 11) is 2.18. The van der Waals surface area contributed by atoms with Crippen LogP contribution in [0.3, 0.4) is 0 Å². The summed E-state index contributed by atoms with van der Waals surface area (Å²) < 4.78 is 0. The van der Waals surface area contributed by atoms with E-state index in [-0.39, 0.29) is 0 Å². The minimum atomic E-state index is 0.353. The zero-order chi connectivity index (χ0) is 14.4. The molecule has 2 atom stereocenters. The van der Waals surface area contributed by atoms with Crippen molar-refractivity contribution in [2.75, 3.05) is 13.6 Å². The molecule has 0 aliphatic rings. The van der Waals surface area contributed by atoms with E-state index in [0.717, 1.165) is 5.02 Å². The standard InChI is InChI=1S/C16H27ClN2/c1-5-13(6-2)16(11-18)19(4)12(3)14-7-9-15(17)10-8-14/h7-10,12-13,16H,5-6,11,18H2,1-4H3. The quantitative estimate of drug-likeness (QED) is 0.816. The van der Waals surface area contributed by atoms with E-state index < -0.39 is 0 Å². The van der Waals surface area contributed by atoms with Gasteiger partial charge in [0.25, 0.3) is 0 Å². The molecule has 0 heterocycles. The van der Waals surface area contributed by atoms with Crippen LogP contribution < -0.4 is 5.73 Å². The molecule has 0 fully saturated rings. The Morgan fingerprint density at radius 2 is 1.68 bits per heavy atom. The van der Waals surface area contributed by atoms with E-state index in [0.29, 0.717) is 24.5 Å². The van der Waals surface area contributed by atoms with Gasteiger partial charge in [0, 0.05) is 23.7 Å². The predicted octanol–water partition coefficient (Wildman–Crippen LogP) is 4.10. The molecule has 3 heteroatoms. The van der Waals surface area contributed by atoms with Gasteiger partial charge >= 0.3 is 0 Å². The van der Waals surface area contributed by atoms with Gasteiger partial charge in [0.2, 0.25) is 0 Å². The number of hydrogen-bond acceptors (Lipinski definition) is 2. The van der Waals surface area contributed by atoms with Crippen LogP contribution in [0, 0.1) is 5.92 Å². The number of rotatable bonds is 7. The molecular weight excluding hydrogens is 256 g/mol. The van der Waals surface area contributed by atoms with Crippen LogP contribution in [-0.4, -0.2) is 24.5 Å². The number of hydrogen-bond donors (Lipinski definition) is 1. The smallest absolute Gasteiger partial charge is 0.0406 e. The Morgan fingerprint density at radius 3 is 2.11 bits per heavy atom. The van der Waals surface area contributed by atoms with Crippen molar-refractivity contribution in [3.8, 4) is 0 Å². The molecule has 108 valence electrons. The molecule has 0 saturated carbocycles. The van der Waals surface area contributed by atoms with Gasteiger partial charge in [0.15, 0.2) is 0 Å². The van der Waals surface area contributed by atoms with Crippen molar-refractivity contribution in [2.45, 2.75) is 45.7 Å². The Kier molecular flexibility index (Phi) is 6.84. The third kappa shape index (κ3) is 4.20. The Labute approximate surface area is 122 Å². The summed E-state index contributed by atoms with van der Waals surface area (Å²) in [5, 5.41) is 0.786. The first kappa shape index (κ1) is 16.5. The molecule has 0 aromatic heterocycles. The second kappa shape index (κ2) is 7.88. The summed E-state index contributed by atoms with van der Waals surface area (Å²) in [6, 6.07) is 8.90. The van der Waals surface area contributed by atoms with Crippen molar-refractivity contribution in [3.05, 3.63) is 34.9 Å². The van der Waals surface area contributed by atoms with Gasteiger partial charge in [-0.1, -0.05) is 50.4 Å². The molecule has 1 rings (SSSR count). The van der Waals surface area contributed by atoms with Crippen LogP contribution in [0.25, 0.3) is 0 Å². The van der Waals surface area contributed by atoms with Crippen LogP contribution in [0.1, 0.15) is 45.2 Å². The van der Waals surface area contributed by atoms with Crippen molar-refractivity contribution < 1.29 is 0 Å². The second-order valence-corrected chi connectivity index (χ2v) is 5.71. The molecule has 2 N–H and O–H groups in total. The number of nitrogens with zero attached hydrogens (tertiary/aromatic N) is 1. The first-order valence-corrected chi connectivity index (χ1v) is 7.60. The molecule has 0 amide bonds. The van der Waals surface area contributed by atoms with Gasteiger partial charge < -0.3 is 5.73 Å². The number of likely N-dealkylation sites (N-methyl/N-ethyl adjacent to an activating group) is 1. The molecule has 2 unspecified atom stereocenters. The van der Waals surface area contributed by atoms with Crippen molar-refractivity contribution in [3.63, 3.8) is 0 Å². The van der Waals surface area contributed by atoms with E-state index in [1.54, 1.807) is 0 Å². The third-order valence-electron chi connectivity index (χ3n) is 4.32. The molecule has 0 aliphatic carbocycles. The van der Waals surface area contributed by atoms with Gasteiger partial charge in [-0.2, -0.15) is 0 Å². The van der Waals surface area contributed by atoms with Gasteiger partial charge in [-0.15, -0.1) is 0 Å². The first-order valence-electron chi connectivity index (χ1n) is 7.22. The maximum absolute atomic E-state index is 6.00. The van der Waals surface area contributed by atoms with Gasteiger partial charge in [0.1, 0.15) is 0 Å². The van der Waals surface area contributed by atoms with E-state index in [1.165, 1.54) is 18.4 Å². The predicted molar refractivity (Wildman–Crippen MR) is 84.5 cm³/mol. The lowest BCUT2D eigenvalue weighted by atomic mass is 9.91. The fourth-order valence-electron chi connectivity index (χ4n) is 2.79. The second-order valence-electron chi connectivity index (χ2n) is 5.27. The summed E-state index contributed by atoms with van der Waals surface area (Å²) in [6.07, 6.45) is 2.35. The largest absolute Gasteiger partial charge is 0.329 e. The lowest BCUT2D eigenvalue weighted by Gasteiger charge is -2.37. The molecule has 1 aromatic rings. The number of halogens is 1. The fraction of sp³-hybridized carbons (Fsp3) is 0.625. The summed E-state index contributed by atoms with van der Waals surface area (Å²) in [4.78, 5) is 2.40. The summed E-state index contributed by atoms with van der Waals surface area (Å²) in [5.41, 5.74) is 7.29. The average molecular weight is 283 g/mol. The Bertz CT molecular complexity index is 360. The molecule has 2 nitrogen and oxygen atoms in total. The van der Waals surface area contributed by atoms with Crippen LogP contribution in [-0.2, 0) is 0 Å². The first-order chi connectivity index (χ1) is 9.04. The molecule has 19 heavy (non-hydrogen) atoms. The molecule has 0 aliphatic heterocycles. The highest BCUT2D eigenvalue weighted by molar-refractivity contribution is 6.30.